The highest BCUT2D eigenvalue weighted by Gasteiger charge is 2.24. The molecule has 1 heterocycles. The van der Waals surface area contributed by atoms with Crippen molar-refractivity contribution in [2.45, 2.75) is 25.8 Å². The van der Waals surface area contributed by atoms with Gasteiger partial charge in [-0.2, -0.15) is 0 Å². The van der Waals surface area contributed by atoms with Crippen LogP contribution in [0.25, 0.3) is 0 Å². The second-order valence-corrected chi connectivity index (χ2v) is 5.75. The second-order valence-electron chi connectivity index (χ2n) is 5.75. The van der Waals surface area contributed by atoms with Gasteiger partial charge in [0.1, 0.15) is 0 Å². The normalized spacial score (nSPS) is 15.2. The first kappa shape index (κ1) is 13.8. The number of fused-ring (bicyclic) bond motifs is 1. The zero-order valence-electron chi connectivity index (χ0n) is 12.5. The van der Waals surface area contributed by atoms with Crippen molar-refractivity contribution < 1.29 is 4.79 Å². The predicted octanol–water partition coefficient (Wildman–Crippen LogP) is 2.76. The molecule has 1 atom stereocenters. The average molecular weight is 280 g/mol. The lowest BCUT2D eigenvalue weighted by Crippen LogP contribution is -2.20. The summed E-state index contributed by atoms with van der Waals surface area (Å²) in [5, 5.41) is 0. The number of benzene rings is 2. The molecular weight excluding hydrogens is 260 g/mol. The van der Waals surface area contributed by atoms with E-state index in [0.29, 0.717) is 6.42 Å². The van der Waals surface area contributed by atoms with Gasteiger partial charge in [0.2, 0.25) is 5.91 Å². The Kier molecular flexibility index (Phi) is 3.52. The van der Waals surface area contributed by atoms with Crippen molar-refractivity contribution in [3.05, 3.63) is 64.7 Å². The number of rotatable bonds is 3. The first-order valence-corrected chi connectivity index (χ1v) is 7.25. The van der Waals surface area contributed by atoms with Gasteiger partial charge in [0.25, 0.3) is 0 Å². The van der Waals surface area contributed by atoms with E-state index in [1.54, 1.807) is 4.90 Å². The lowest BCUT2D eigenvalue weighted by atomic mass is 9.95. The molecule has 0 saturated heterocycles. The van der Waals surface area contributed by atoms with Crippen LogP contribution in [0.4, 0.5) is 5.69 Å². The van der Waals surface area contributed by atoms with E-state index in [-0.39, 0.29) is 11.9 Å². The van der Waals surface area contributed by atoms with Crippen LogP contribution in [0.5, 0.6) is 0 Å². The Morgan fingerprint density at radius 3 is 2.76 bits per heavy atom. The Labute approximate surface area is 125 Å². The van der Waals surface area contributed by atoms with Gasteiger partial charge >= 0.3 is 0 Å². The minimum absolute atomic E-state index is 0.0441. The van der Waals surface area contributed by atoms with E-state index in [1.807, 2.05) is 31.3 Å². The summed E-state index contributed by atoms with van der Waals surface area (Å²) in [4.78, 5) is 13.5. The number of amides is 1. The third-order valence-electron chi connectivity index (χ3n) is 4.31. The van der Waals surface area contributed by atoms with Crippen LogP contribution in [-0.2, 0) is 17.6 Å². The van der Waals surface area contributed by atoms with Gasteiger partial charge in [0.05, 0.1) is 6.42 Å². The van der Waals surface area contributed by atoms with Gasteiger partial charge in [-0.1, -0.05) is 36.4 Å². The molecule has 2 aromatic carbocycles. The first-order chi connectivity index (χ1) is 10.1. The molecule has 2 N–H and O–H groups in total. The number of likely N-dealkylation sites (N-methyl/N-ethyl adjacent to an activating group) is 1. The van der Waals surface area contributed by atoms with Crippen molar-refractivity contribution in [2.24, 2.45) is 5.73 Å². The minimum atomic E-state index is -0.0441. The van der Waals surface area contributed by atoms with E-state index in [4.69, 9.17) is 5.73 Å². The molecule has 1 aliphatic heterocycles. The van der Waals surface area contributed by atoms with Crippen molar-refractivity contribution in [1.29, 1.82) is 0 Å². The Bertz CT molecular complexity index is 693. The summed E-state index contributed by atoms with van der Waals surface area (Å²) in [5.74, 6) is 0.148. The fourth-order valence-corrected chi connectivity index (χ4v) is 2.91. The van der Waals surface area contributed by atoms with Gasteiger partial charge in [-0.05, 0) is 41.7 Å². The summed E-state index contributed by atoms with van der Waals surface area (Å²) in [7, 11) is 1.82. The molecule has 1 aliphatic rings. The molecule has 0 bridgehead atoms. The van der Waals surface area contributed by atoms with Gasteiger partial charge < -0.3 is 10.6 Å². The topological polar surface area (TPSA) is 46.3 Å². The van der Waals surface area contributed by atoms with Crippen LogP contribution in [0.3, 0.4) is 0 Å². The Morgan fingerprint density at radius 2 is 2.00 bits per heavy atom. The molecule has 0 fully saturated rings. The third-order valence-corrected chi connectivity index (χ3v) is 4.31. The third kappa shape index (κ3) is 2.57. The fraction of sp³-hybridized carbons (Fsp3) is 0.278. The molecule has 0 aliphatic carbocycles. The van der Waals surface area contributed by atoms with Crippen LogP contribution < -0.4 is 10.6 Å². The summed E-state index contributed by atoms with van der Waals surface area (Å²) >= 11 is 0. The van der Waals surface area contributed by atoms with E-state index in [2.05, 4.69) is 25.1 Å². The number of hydrogen-bond acceptors (Lipinski definition) is 2. The van der Waals surface area contributed by atoms with Crippen LogP contribution in [0.1, 0.15) is 28.3 Å². The van der Waals surface area contributed by atoms with Crippen LogP contribution in [0.15, 0.2) is 42.5 Å². The SMILES string of the molecule is Cc1ccccc1CC(N)c1ccc2c(c1)CC(=O)N2C. The van der Waals surface area contributed by atoms with Gasteiger partial charge in [-0.25, -0.2) is 0 Å². The average Bonchev–Trinajstić information content (AvgIpc) is 2.76. The quantitative estimate of drug-likeness (QED) is 0.939. The van der Waals surface area contributed by atoms with Crippen molar-refractivity contribution >= 4 is 11.6 Å². The molecular formula is C18H20N2O. The Morgan fingerprint density at radius 1 is 1.24 bits per heavy atom. The van der Waals surface area contributed by atoms with Crippen LogP contribution in [0.2, 0.25) is 0 Å². The van der Waals surface area contributed by atoms with Crippen molar-refractivity contribution in [3.8, 4) is 0 Å². The van der Waals surface area contributed by atoms with Crippen LogP contribution >= 0.6 is 0 Å². The number of carbonyl (C=O) groups excluding carboxylic acids is 1. The van der Waals surface area contributed by atoms with Crippen molar-refractivity contribution in [3.63, 3.8) is 0 Å². The van der Waals surface area contributed by atoms with E-state index in [9.17, 15) is 4.79 Å². The summed E-state index contributed by atoms with van der Waals surface area (Å²) in [6, 6.07) is 14.4. The lowest BCUT2D eigenvalue weighted by Gasteiger charge is -2.16. The molecule has 0 spiro atoms. The highest BCUT2D eigenvalue weighted by molar-refractivity contribution is 6.00. The van der Waals surface area contributed by atoms with Gasteiger partial charge in [0, 0.05) is 18.8 Å². The highest BCUT2D eigenvalue weighted by atomic mass is 16.2. The molecule has 0 radical (unpaired) electrons. The molecule has 1 amide bonds. The molecule has 0 aromatic heterocycles. The largest absolute Gasteiger partial charge is 0.324 e. The Balaban J connectivity index is 1.84. The molecule has 21 heavy (non-hydrogen) atoms. The van der Waals surface area contributed by atoms with E-state index in [0.717, 1.165) is 23.2 Å². The maximum atomic E-state index is 11.7. The monoisotopic (exact) mass is 280 g/mol. The zero-order chi connectivity index (χ0) is 15.0. The smallest absolute Gasteiger partial charge is 0.231 e. The number of nitrogens with zero attached hydrogens (tertiary/aromatic N) is 1. The predicted molar refractivity (Wildman–Crippen MR) is 85.4 cm³/mol. The summed E-state index contributed by atoms with van der Waals surface area (Å²) in [6.07, 6.45) is 1.30. The molecule has 108 valence electrons. The standard InChI is InChI=1S/C18H20N2O/c1-12-5-3-4-6-13(12)10-16(19)14-7-8-17-15(9-14)11-18(21)20(17)2/h3-9,16H,10-11,19H2,1-2H3. The van der Waals surface area contributed by atoms with E-state index >= 15 is 0 Å². The first-order valence-electron chi connectivity index (χ1n) is 7.25. The van der Waals surface area contributed by atoms with Gasteiger partial charge in [-0.15, -0.1) is 0 Å². The van der Waals surface area contributed by atoms with Gasteiger partial charge in [0.15, 0.2) is 0 Å². The van der Waals surface area contributed by atoms with E-state index in [1.165, 1.54) is 11.1 Å². The molecule has 3 rings (SSSR count). The summed E-state index contributed by atoms with van der Waals surface area (Å²) in [5.41, 5.74) is 12.1. The Hall–Kier alpha value is -2.13. The number of aryl methyl sites for hydroxylation is 1. The lowest BCUT2D eigenvalue weighted by molar-refractivity contribution is -0.117. The zero-order valence-corrected chi connectivity index (χ0v) is 12.5. The highest BCUT2D eigenvalue weighted by Crippen LogP contribution is 2.30. The number of carbonyl (C=O) groups is 1. The number of anilines is 1. The second kappa shape index (κ2) is 5.34. The van der Waals surface area contributed by atoms with Crippen molar-refractivity contribution in [1.82, 2.24) is 0 Å². The fourth-order valence-electron chi connectivity index (χ4n) is 2.91. The summed E-state index contributed by atoms with van der Waals surface area (Å²) in [6.45, 7) is 2.11. The number of nitrogens with two attached hydrogens (primary N) is 1. The maximum absolute atomic E-state index is 11.7. The molecule has 3 heteroatoms. The van der Waals surface area contributed by atoms with Crippen LogP contribution in [0, 0.1) is 6.92 Å². The van der Waals surface area contributed by atoms with Crippen LogP contribution in [-0.4, -0.2) is 13.0 Å². The molecule has 0 saturated carbocycles. The molecule has 3 nitrogen and oxygen atoms in total. The maximum Gasteiger partial charge on any atom is 0.231 e. The van der Waals surface area contributed by atoms with E-state index < -0.39 is 0 Å². The van der Waals surface area contributed by atoms with Gasteiger partial charge in [-0.3, -0.25) is 4.79 Å². The molecule has 2 aromatic rings. The summed E-state index contributed by atoms with van der Waals surface area (Å²) < 4.78 is 0. The molecule has 1 unspecified atom stereocenters. The minimum Gasteiger partial charge on any atom is -0.324 e. The number of hydrogen-bond donors (Lipinski definition) is 1. The van der Waals surface area contributed by atoms with Crippen molar-refractivity contribution in [2.75, 3.05) is 11.9 Å².